The molecule has 1 aliphatic heterocycles. The minimum absolute atomic E-state index is 0.0695. The summed E-state index contributed by atoms with van der Waals surface area (Å²) in [7, 11) is 2.78. The lowest BCUT2D eigenvalue weighted by Crippen LogP contribution is -2.21. The number of methoxy groups -OCH3 is 2. The number of carbonyl (C=O) groups excluding carboxylic acids is 1. The number of nitriles is 1. The number of H-pyrrole nitrogens is 1. The summed E-state index contributed by atoms with van der Waals surface area (Å²) in [6.45, 7) is 1.24. The van der Waals surface area contributed by atoms with Gasteiger partial charge in [-0.1, -0.05) is 12.1 Å². The molecule has 0 aliphatic carbocycles. The van der Waals surface area contributed by atoms with Crippen LogP contribution in [0.5, 0.6) is 23.1 Å². The SMILES string of the molecule is COc1cc(C2C(C#N)=C(N)Oc3n[nH]c(-c4cccc([N+](=O)[O-])c4)c32)cc(OC)c1OC(C)=O. The number of aromatic amines is 1. The summed E-state index contributed by atoms with van der Waals surface area (Å²) in [6.07, 6.45) is 0. The molecule has 0 fully saturated rings. The first-order valence-electron chi connectivity index (χ1n) is 10.1. The molecule has 0 saturated heterocycles. The lowest BCUT2D eigenvalue weighted by molar-refractivity contribution is -0.384. The number of nitrogens with zero attached hydrogens (tertiary/aromatic N) is 3. The second kappa shape index (κ2) is 9.06. The van der Waals surface area contributed by atoms with E-state index in [0.29, 0.717) is 22.4 Å². The van der Waals surface area contributed by atoms with Crippen molar-refractivity contribution in [1.82, 2.24) is 10.2 Å². The molecule has 0 amide bonds. The molecule has 178 valence electrons. The van der Waals surface area contributed by atoms with Crippen molar-refractivity contribution in [2.24, 2.45) is 5.73 Å². The molecular weight excluding hydrogens is 458 g/mol. The first-order valence-corrected chi connectivity index (χ1v) is 10.1. The molecule has 0 bridgehead atoms. The Bertz CT molecular complexity index is 1390. The van der Waals surface area contributed by atoms with Crippen molar-refractivity contribution in [3.63, 3.8) is 0 Å². The van der Waals surface area contributed by atoms with Crippen LogP contribution in [0.3, 0.4) is 0 Å². The maximum Gasteiger partial charge on any atom is 0.308 e. The third-order valence-corrected chi connectivity index (χ3v) is 5.35. The number of carbonyl (C=O) groups is 1. The van der Waals surface area contributed by atoms with Crippen molar-refractivity contribution in [1.29, 1.82) is 5.26 Å². The number of hydrogen-bond acceptors (Lipinski definition) is 10. The third-order valence-electron chi connectivity index (χ3n) is 5.35. The van der Waals surface area contributed by atoms with E-state index in [2.05, 4.69) is 16.3 Å². The Morgan fingerprint density at radius 1 is 1.26 bits per heavy atom. The van der Waals surface area contributed by atoms with Gasteiger partial charge in [0.25, 0.3) is 5.69 Å². The van der Waals surface area contributed by atoms with Crippen molar-refractivity contribution in [3.8, 4) is 40.5 Å². The Morgan fingerprint density at radius 2 is 1.94 bits per heavy atom. The maximum atomic E-state index is 11.6. The van der Waals surface area contributed by atoms with E-state index in [0.717, 1.165) is 0 Å². The van der Waals surface area contributed by atoms with Crippen LogP contribution in [0.2, 0.25) is 0 Å². The van der Waals surface area contributed by atoms with Crippen LogP contribution in [0.25, 0.3) is 11.3 Å². The number of non-ortho nitro benzene ring substituents is 1. The number of benzene rings is 2. The van der Waals surface area contributed by atoms with Crippen LogP contribution in [0, 0.1) is 21.4 Å². The molecule has 3 N–H and O–H groups in total. The van der Waals surface area contributed by atoms with Gasteiger partial charge in [0.05, 0.1) is 36.3 Å². The quantitative estimate of drug-likeness (QED) is 0.232. The maximum absolute atomic E-state index is 11.6. The van der Waals surface area contributed by atoms with Gasteiger partial charge < -0.3 is 24.7 Å². The third kappa shape index (κ3) is 4.06. The fourth-order valence-corrected chi connectivity index (χ4v) is 3.88. The van der Waals surface area contributed by atoms with Crippen LogP contribution in [-0.2, 0) is 4.79 Å². The van der Waals surface area contributed by atoms with Gasteiger partial charge in [-0.15, -0.1) is 5.10 Å². The predicted molar refractivity (Wildman–Crippen MR) is 121 cm³/mol. The number of ether oxygens (including phenoxy) is 4. The number of esters is 1. The molecule has 0 saturated carbocycles. The Kier molecular flexibility index (Phi) is 5.99. The molecule has 0 radical (unpaired) electrons. The van der Waals surface area contributed by atoms with Gasteiger partial charge >= 0.3 is 5.97 Å². The highest BCUT2D eigenvalue weighted by atomic mass is 16.6. The van der Waals surface area contributed by atoms with E-state index in [1.54, 1.807) is 18.2 Å². The summed E-state index contributed by atoms with van der Waals surface area (Å²) in [6, 6.07) is 11.2. The van der Waals surface area contributed by atoms with Crippen molar-refractivity contribution < 1.29 is 28.7 Å². The number of nitrogens with one attached hydrogen (secondary N) is 1. The molecule has 1 unspecified atom stereocenters. The number of aromatic nitrogens is 2. The zero-order valence-corrected chi connectivity index (χ0v) is 18.8. The smallest absolute Gasteiger partial charge is 0.308 e. The minimum atomic E-state index is -0.814. The molecule has 1 aliphatic rings. The Balaban J connectivity index is 1.97. The monoisotopic (exact) mass is 477 g/mol. The van der Waals surface area contributed by atoms with E-state index in [1.165, 1.54) is 39.3 Å². The fraction of sp³-hybridized carbons (Fsp3) is 0.174. The number of fused-ring (bicyclic) bond motifs is 1. The van der Waals surface area contributed by atoms with Crippen LogP contribution in [0.15, 0.2) is 47.9 Å². The van der Waals surface area contributed by atoms with Crippen molar-refractivity contribution in [2.75, 3.05) is 14.2 Å². The standard InChI is InChI=1S/C23H19N5O7/c1-11(29)34-21-16(32-2)8-13(9-17(21)33-3)18-15(10-24)22(25)35-23-19(18)20(26-27-23)12-5-4-6-14(7-12)28(30)31/h4-9,18H,25H2,1-3H3,(H,26,27). The molecule has 0 spiro atoms. The molecule has 35 heavy (non-hydrogen) atoms. The number of nitro groups is 1. The second-order valence-electron chi connectivity index (χ2n) is 7.40. The lowest BCUT2D eigenvalue weighted by Gasteiger charge is -2.25. The molecule has 12 nitrogen and oxygen atoms in total. The first-order chi connectivity index (χ1) is 16.8. The van der Waals surface area contributed by atoms with Gasteiger partial charge in [0.2, 0.25) is 17.5 Å². The van der Waals surface area contributed by atoms with E-state index in [1.807, 2.05) is 0 Å². The topological polar surface area (TPSA) is 176 Å². The van der Waals surface area contributed by atoms with Crippen LogP contribution in [0.4, 0.5) is 5.69 Å². The average molecular weight is 477 g/mol. The van der Waals surface area contributed by atoms with Crippen LogP contribution in [-0.4, -0.2) is 35.3 Å². The Hall–Kier alpha value is -5.05. The number of hydrogen-bond donors (Lipinski definition) is 2. The van der Waals surface area contributed by atoms with Gasteiger partial charge in [-0.3, -0.25) is 20.0 Å². The molecule has 1 atom stereocenters. The van der Waals surface area contributed by atoms with Crippen molar-refractivity contribution >= 4 is 11.7 Å². The lowest BCUT2D eigenvalue weighted by atomic mass is 9.82. The van der Waals surface area contributed by atoms with E-state index in [4.69, 9.17) is 24.7 Å². The molecule has 1 aromatic heterocycles. The molecule has 2 heterocycles. The highest BCUT2D eigenvalue weighted by Crippen LogP contribution is 2.49. The second-order valence-corrected chi connectivity index (χ2v) is 7.40. The van der Waals surface area contributed by atoms with Gasteiger partial charge in [-0.2, -0.15) is 5.26 Å². The van der Waals surface area contributed by atoms with Gasteiger partial charge in [-0.05, 0) is 17.7 Å². The van der Waals surface area contributed by atoms with E-state index < -0.39 is 16.8 Å². The highest BCUT2D eigenvalue weighted by Gasteiger charge is 2.37. The Morgan fingerprint density at radius 3 is 2.51 bits per heavy atom. The van der Waals surface area contributed by atoms with Gasteiger partial charge in [-0.25, -0.2) is 0 Å². The van der Waals surface area contributed by atoms with Crippen molar-refractivity contribution in [3.05, 3.63) is 69.1 Å². The molecular formula is C23H19N5O7. The fourth-order valence-electron chi connectivity index (χ4n) is 3.88. The normalized spacial score (nSPS) is 14.4. The van der Waals surface area contributed by atoms with Crippen LogP contribution in [0.1, 0.15) is 24.0 Å². The van der Waals surface area contributed by atoms with Crippen LogP contribution < -0.4 is 24.7 Å². The summed E-state index contributed by atoms with van der Waals surface area (Å²) in [5.74, 6) is -1.00. The predicted octanol–water partition coefficient (Wildman–Crippen LogP) is 3.15. The average Bonchev–Trinajstić information content (AvgIpc) is 3.26. The summed E-state index contributed by atoms with van der Waals surface area (Å²) < 4.78 is 21.7. The van der Waals surface area contributed by atoms with Gasteiger partial charge in [0, 0.05) is 24.6 Å². The highest BCUT2D eigenvalue weighted by molar-refractivity contribution is 5.75. The zero-order valence-electron chi connectivity index (χ0n) is 18.8. The van der Waals surface area contributed by atoms with Gasteiger partial charge in [0.15, 0.2) is 11.5 Å². The van der Waals surface area contributed by atoms with E-state index >= 15 is 0 Å². The first kappa shape index (κ1) is 23.1. The summed E-state index contributed by atoms with van der Waals surface area (Å²) in [4.78, 5) is 22.4. The van der Waals surface area contributed by atoms with Gasteiger partial charge in [0.1, 0.15) is 11.6 Å². The zero-order chi connectivity index (χ0) is 25.3. The molecule has 4 rings (SSSR count). The van der Waals surface area contributed by atoms with Crippen LogP contribution >= 0.6 is 0 Å². The minimum Gasteiger partial charge on any atom is -0.493 e. The number of allylic oxidation sites excluding steroid dienone is 1. The number of nitro benzene ring substituents is 1. The molecule has 2 aromatic carbocycles. The van der Waals surface area contributed by atoms with Crippen molar-refractivity contribution in [2.45, 2.75) is 12.8 Å². The number of rotatable bonds is 6. The van der Waals surface area contributed by atoms with E-state index in [-0.39, 0.29) is 40.3 Å². The summed E-state index contributed by atoms with van der Waals surface area (Å²) in [5, 5.41) is 28.3. The largest absolute Gasteiger partial charge is 0.493 e. The molecule has 3 aromatic rings. The van der Waals surface area contributed by atoms with E-state index in [9.17, 15) is 20.2 Å². The molecule has 12 heteroatoms. The summed E-state index contributed by atoms with van der Waals surface area (Å²) in [5.41, 5.74) is 7.77. The number of nitrogens with two attached hydrogens (primary N) is 1. The Labute approximate surface area is 198 Å². The summed E-state index contributed by atoms with van der Waals surface area (Å²) >= 11 is 0.